The van der Waals surface area contributed by atoms with Crippen LogP contribution in [-0.2, 0) is 4.79 Å². The van der Waals surface area contributed by atoms with E-state index < -0.39 is 5.92 Å². The Morgan fingerprint density at radius 3 is 2.45 bits per heavy atom. The predicted octanol–water partition coefficient (Wildman–Crippen LogP) is 4.75. The van der Waals surface area contributed by atoms with Gasteiger partial charge in [0.1, 0.15) is 30.1 Å². The Bertz CT molecular complexity index is 1030. The summed E-state index contributed by atoms with van der Waals surface area (Å²) in [4.78, 5) is 14.5. The van der Waals surface area contributed by atoms with Crippen molar-refractivity contribution in [3.63, 3.8) is 0 Å². The smallest absolute Gasteiger partial charge is 0.132 e. The topological polar surface area (TPSA) is 59.0 Å². The zero-order valence-corrected chi connectivity index (χ0v) is 17.9. The molecule has 3 aromatic carbocycles. The molecule has 1 heterocycles. The lowest BCUT2D eigenvalue weighted by Crippen LogP contribution is -2.33. The molecule has 31 heavy (non-hydrogen) atoms. The van der Waals surface area contributed by atoms with Crippen molar-refractivity contribution in [2.24, 2.45) is 0 Å². The number of rotatable bonds is 8. The number of carbonyl (C=O) groups is 1. The monoisotopic (exact) mass is 419 g/mol. The van der Waals surface area contributed by atoms with Gasteiger partial charge in [0, 0.05) is 12.1 Å². The number of carbonyl (C=O) groups excluding carboxylic acids is 1. The normalized spacial score (nSPS) is 15.5. The van der Waals surface area contributed by atoms with Crippen LogP contribution in [0.1, 0.15) is 36.3 Å². The summed E-state index contributed by atoms with van der Waals surface area (Å²) < 4.78 is 11.2. The largest absolute Gasteiger partial charge is 0.508 e. The number of piperidine rings is 1. The fourth-order valence-electron chi connectivity index (χ4n) is 4.33. The van der Waals surface area contributed by atoms with Crippen LogP contribution in [-0.4, -0.2) is 49.6 Å². The highest BCUT2D eigenvalue weighted by molar-refractivity contribution is 5.92. The van der Waals surface area contributed by atoms with Crippen LogP contribution < -0.4 is 9.47 Å². The van der Waals surface area contributed by atoms with Crippen molar-refractivity contribution in [3.05, 3.63) is 65.7 Å². The van der Waals surface area contributed by atoms with Crippen molar-refractivity contribution in [1.29, 1.82) is 0 Å². The van der Waals surface area contributed by atoms with E-state index >= 15 is 0 Å². The molecule has 1 saturated heterocycles. The molecule has 162 valence electrons. The second kappa shape index (κ2) is 9.84. The third-order valence-corrected chi connectivity index (χ3v) is 6.06. The molecule has 0 aliphatic carbocycles. The molecule has 0 aromatic heterocycles. The first-order valence-electron chi connectivity index (χ1n) is 10.9. The van der Waals surface area contributed by atoms with E-state index in [0.29, 0.717) is 12.2 Å². The van der Waals surface area contributed by atoms with E-state index in [1.165, 1.54) is 19.3 Å². The maximum atomic E-state index is 12.1. The van der Waals surface area contributed by atoms with Gasteiger partial charge in [-0.3, -0.25) is 4.90 Å². The van der Waals surface area contributed by atoms with Crippen LogP contribution in [0.3, 0.4) is 0 Å². The average Bonchev–Trinajstić information content (AvgIpc) is 2.82. The Morgan fingerprint density at radius 1 is 1.00 bits per heavy atom. The van der Waals surface area contributed by atoms with Gasteiger partial charge in [0.05, 0.1) is 13.0 Å². The molecule has 1 atom stereocenters. The molecule has 1 aliphatic rings. The molecule has 1 aliphatic heterocycles. The number of hydrogen-bond acceptors (Lipinski definition) is 5. The van der Waals surface area contributed by atoms with Crippen molar-refractivity contribution in [2.75, 3.05) is 33.4 Å². The summed E-state index contributed by atoms with van der Waals surface area (Å²) in [7, 11) is 1.62. The summed E-state index contributed by atoms with van der Waals surface area (Å²) in [6, 6.07) is 16.7. The molecule has 0 amide bonds. The van der Waals surface area contributed by atoms with Crippen molar-refractivity contribution in [3.8, 4) is 17.2 Å². The zero-order valence-electron chi connectivity index (χ0n) is 17.9. The minimum atomic E-state index is -0.570. The lowest BCUT2D eigenvalue weighted by molar-refractivity contribution is -0.108. The highest BCUT2D eigenvalue weighted by Gasteiger charge is 2.20. The van der Waals surface area contributed by atoms with Gasteiger partial charge < -0.3 is 19.4 Å². The fraction of sp³-hybridized carbons (Fsp3) is 0.346. The number of phenols is 1. The SMILES string of the molecule is COc1ccc2c(C(C=O)c3ccc(OCCN4CCCCC4)cc3)c(O)ccc2c1. The van der Waals surface area contributed by atoms with Crippen LogP contribution in [0.2, 0.25) is 0 Å². The van der Waals surface area contributed by atoms with Gasteiger partial charge in [-0.1, -0.05) is 30.7 Å². The number of fused-ring (bicyclic) bond motifs is 1. The first-order chi connectivity index (χ1) is 15.2. The van der Waals surface area contributed by atoms with Crippen molar-refractivity contribution < 1.29 is 19.4 Å². The second-order valence-electron chi connectivity index (χ2n) is 8.02. The molecule has 1 unspecified atom stereocenters. The molecule has 5 heteroatoms. The Kier molecular flexibility index (Phi) is 6.73. The van der Waals surface area contributed by atoms with E-state index in [1.54, 1.807) is 13.2 Å². The van der Waals surface area contributed by atoms with E-state index in [1.807, 2.05) is 48.5 Å². The number of ether oxygens (including phenoxy) is 2. The van der Waals surface area contributed by atoms with E-state index in [4.69, 9.17) is 9.47 Å². The summed E-state index contributed by atoms with van der Waals surface area (Å²) in [5.41, 5.74) is 1.42. The van der Waals surface area contributed by atoms with Crippen molar-refractivity contribution in [1.82, 2.24) is 4.90 Å². The van der Waals surface area contributed by atoms with E-state index in [2.05, 4.69) is 4.90 Å². The van der Waals surface area contributed by atoms with Crippen molar-refractivity contribution in [2.45, 2.75) is 25.2 Å². The van der Waals surface area contributed by atoms with Crippen LogP contribution in [0, 0.1) is 0 Å². The summed E-state index contributed by atoms with van der Waals surface area (Å²) in [5, 5.41) is 12.3. The Morgan fingerprint density at radius 2 is 1.74 bits per heavy atom. The molecule has 4 rings (SSSR count). The van der Waals surface area contributed by atoms with Crippen LogP contribution in [0.5, 0.6) is 17.2 Å². The van der Waals surface area contributed by atoms with Crippen LogP contribution >= 0.6 is 0 Å². The maximum Gasteiger partial charge on any atom is 0.132 e. The number of likely N-dealkylation sites (tertiary alicyclic amines) is 1. The van der Waals surface area contributed by atoms with Crippen molar-refractivity contribution >= 4 is 17.1 Å². The van der Waals surface area contributed by atoms with Gasteiger partial charge in [-0.05, 0) is 72.6 Å². The first kappa shape index (κ1) is 21.2. The Hall–Kier alpha value is -3.05. The number of benzene rings is 3. The summed E-state index contributed by atoms with van der Waals surface area (Å²) >= 11 is 0. The van der Waals surface area contributed by atoms with Gasteiger partial charge >= 0.3 is 0 Å². The quantitative estimate of drug-likeness (QED) is 0.534. The standard InChI is InChI=1S/C26H29NO4/c1-30-22-10-11-23-20(17-22)7-12-25(29)26(23)24(18-28)19-5-8-21(9-6-19)31-16-15-27-13-3-2-4-14-27/h5-12,17-18,24,29H,2-4,13-16H2,1H3. The molecule has 0 saturated carbocycles. The lowest BCUT2D eigenvalue weighted by Gasteiger charge is -2.26. The number of aldehydes is 1. The summed E-state index contributed by atoms with van der Waals surface area (Å²) in [5.74, 6) is 1.06. The molecule has 1 N–H and O–H groups in total. The fourth-order valence-corrected chi connectivity index (χ4v) is 4.33. The van der Waals surface area contributed by atoms with E-state index in [9.17, 15) is 9.90 Å². The third kappa shape index (κ3) is 4.83. The number of methoxy groups -OCH3 is 1. The molecule has 0 spiro atoms. The number of nitrogens with zero attached hydrogens (tertiary/aromatic N) is 1. The number of phenolic OH excluding ortho intramolecular Hbond substituents is 1. The van der Waals surface area contributed by atoms with Gasteiger partial charge in [0.25, 0.3) is 0 Å². The number of aromatic hydroxyl groups is 1. The summed E-state index contributed by atoms with van der Waals surface area (Å²) in [6.07, 6.45) is 4.76. The maximum absolute atomic E-state index is 12.1. The van der Waals surface area contributed by atoms with Gasteiger partial charge in [0.15, 0.2) is 0 Å². The minimum Gasteiger partial charge on any atom is -0.508 e. The third-order valence-electron chi connectivity index (χ3n) is 6.06. The minimum absolute atomic E-state index is 0.108. The Balaban J connectivity index is 1.51. The highest BCUT2D eigenvalue weighted by Crippen LogP contribution is 2.37. The lowest BCUT2D eigenvalue weighted by atomic mass is 9.88. The van der Waals surface area contributed by atoms with Gasteiger partial charge in [-0.15, -0.1) is 0 Å². The second-order valence-corrected chi connectivity index (χ2v) is 8.02. The van der Waals surface area contributed by atoms with Crippen LogP contribution in [0.4, 0.5) is 0 Å². The zero-order chi connectivity index (χ0) is 21.6. The van der Waals surface area contributed by atoms with Gasteiger partial charge in [-0.2, -0.15) is 0 Å². The van der Waals surface area contributed by atoms with Gasteiger partial charge in [-0.25, -0.2) is 0 Å². The number of hydrogen-bond donors (Lipinski definition) is 1. The van der Waals surface area contributed by atoms with E-state index in [-0.39, 0.29) is 5.75 Å². The summed E-state index contributed by atoms with van der Waals surface area (Å²) in [6.45, 7) is 3.90. The highest BCUT2D eigenvalue weighted by atomic mass is 16.5. The molecule has 1 fully saturated rings. The first-order valence-corrected chi connectivity index (χ1v) is 10.9. The van der Waals surface area contributed by atoms with Gasteiger partial charge in [0.2, 0.25) is 0 Å². The Labute approximate surface area is 183 Å². The molecule has 0 radical (unpaired) electrons. The van der Waals surface area contributed by atoms with E-state index in [0.717, 1.165) is 53.8 Å². The molecular weight excluding hydrogens is 390 g/mol. The predicted molar refractivity (Wildman–Crippen MR) is 122 cm³/mol. The van der Waals surface area contributed by atoms with Crippen LogP contribution in [0.25, 0.3) is 10.8 Å². The average molecular weight is 420 g/mol. The molecule has 3 aromatic rings. The molecular formula is C26H29NO4. The van der Waals surface area contributed by atoms with Crippen LogP contribution in [0.15, 0.2) is 54.6 Å². The molecule has 0 bridgehead atoms. The molecule has 5 nitrogen and oxygen atoms in total.